The maximum atomic E-state index is 12.6. The minimum absolute atomic E-state index is 0.131. The molecule has 1 aliphatic rings. The number of aliphatic hydroxyl groups excluding tert-OH is 3. The van der Waals surface area contributed by atoms with Gasteiger partial charge in [-0.2, -0.15) is 0 Å². The number of rotatable bonds is 10. The molecule has 32 heavy (non-hydrogen) atoms. The second kappa shape index (κ2) is 11.7. The molecule has 1 aliphatic carbocycles. The van der Waals surface area contributed by atoms with E-state index in [9.17, 15) is 15.0 Å². The Morgan fingerprint density at radius 2 is 2.12 bits per heavy atom. The number of carbonyl (C=O) groups excluding carboxylic acids is 1. The molecule has 0 spiro atoms. The van der Waals surface area contributed by atoms with Crippen LogP contribution in [0.4, 0.5) is 0 Å². The van der Waals surface area contributed by atoms with Crippen molar-refractivity contribution in [3.63, 3.8) is 0 Å². The molecule has 9 nitrogen and oxygen atoms in total. The van der Waals surface area contributed by atoms with Crippen LogP contribution in [0.25, 0.3) is 0 Å². The predicted octanol–water partition coefficient (Wildman–Crippen LogP) is 1.09. The summed E-state index contributed by atoms with van der Waals surface area (Å²) < 4.78 is 17.3. The quantitative estimate of drug-likeness (QED) is 0.274. The topological polar surface area (TPSA) is 133 Å². The van der Waals surface area contributed by atoms with Crippen molar-refractivity contribution in [1.82, 2.24) is 10.6 Å². The molecule has 0 saturated carbocycles. The molecule has 0 radical (unpaired) electrons. The van der Waals surface area contributed by atoms with Gasteiger partial charge in [-0.25, -0.2) is 0 Å². The summed E-state index contributed by atoms with van der Waals surface area (Å²) in [7, 11) is 1.50. The standard InChI is InChI=1S/C22H27IN2O7/c1-30-19-7-14(11-27)6-16(23)21(19)32-18-9-15(22(29)24-3-4-26)8-17(20(18)28)25-10-13-2-5-31-12-13/h2,5-7,9,12,17-18,20,25-28H,3-4,8,10-11H2,1H3,(H,24,29)/t17-,18+,20+/m1/s1. The van der Waals surface area contributed by atoms with Gasteiger partial charge in [-0.05, 0) is 58.9 Å². The van der Waals surface area contributed by atoms with Crippen molar-refractivity contribution >= 4 is 28.5 Å². The number of ether oxygens (including phenoxy) is 2. The zero-order chi connectivity index (χ0) is 23.1. The number of furan rings is 1. The van der Waals surface area contributed by atoms with Crippen LogP contribution < -0.4 is 20.1 Å². The first-order chi connectivity index (χ1) is 15.5. The molecule has 3 rings (SSSR count). The normalized spacial score (nSPS) is 20.5. The summed E-state index contributed by atoms with van der Waals surface area (Å²) in [6.07, 6.45) is 3.28. The van der Waals surface area contributed by atoms with Crippen LogP contribution in [0.15, 0.2) is 46.8 Å². The zero-order valence-corrected chi connectivity index (χ0v) is 19.7. The van der Waals surface area contributed by atoms with Crippen molar-refractivity contribution in [2.75, 3.05) is 20.3 Å². The van der Waals surface area contributed by atoms with Gasteiger partial charge in [0, 0.05) is 30.3 Å². The molecule has 0 unspecified atom stereocenters. The molecule has 0 fully saturated rings. The fraction of sp³-hybridized carbons (Fsp3) is 0.409. The van der Waals surface area contributed by atoms with E-state index in [1.807, 2.05) is 6.07 Å². The van der Waals surface area contributed by atoms with E-state index in [4.69, 9.17) is 19.0 Å². The minimum atomic E-state index is -0.950. The lowest BCUT2D eigenvalue weighted by Gasteiger charge is -2.34. The first-order valence-electron chi connectivity index (χ1n) is 10.1. The summed E-state index contributed by atoms with van der Waals surface area (Å²) in [4.78, 5) is 12.6. The lowest BCUT2D eigenvalue weighted by Crippen LogP contribution is -2.51. The summed E-state index contributed by atoms with van der Waals surface area (Å²) in [5, 5.41) is 35.4. The van der Waals surface area contributed by atoms with Crippen LogP contribution in [0, 0.1) is 3.57 Å². The Morgan fingerprint density at radius 3 is 2.78 bits per heavy atom. The van der Waals surface area contributed by atoms with Crippen molar-refractivity contribution in [3.05, 3.63) is 57.1 Å². The largest absolute Gasteiger partial charge is 0.493 e. The summed E-state index contributed by atoms with van der Waals surface area (Å²) in [5.41, 5.74) is 2.02. The average Bonchev–Trinajstić information content (AvgIpc) is 3.32. The molecular formula is C22H27IN2O7. The highest BCUT2D eigenvalue weighted by molar-refractivity contribution is 14.1. The van der Waals surface area contributed by atoms with E-state index in [-0.39, 0.29) is 32.1 Å². The van der Waals surface area contributed by atoms with Gasteiger partial charge in [0.25, 0.3) is 0 Å². The van der Waals surface area contributed by atoms with Gasteiger partial charge in [-0.1, -0.05) is 0 Å². The van der Waals surface area contributed by atoms with E-state index in [2.05, 4.69) is 33.2 Å². The van der Waals surface area contributed by atoms with Crippen molar-refractivity contribution < 1.29 is 34.0 Å². The van der Waals surface area contributed by atoms with E-state index < -0.39 is 18.2 Å². The fourth-order valence-corrected chi connectivity index (χ4v) is 4.25. The Hall–Kier alpha value is -2.12. The molecule has 1 aromatic heterocycles. The molecule has 1 aromatic carbocycles. The second-order valence-corrected chi connectivity index (χ2v) is 8.50. The molecule has 0 bridgehead atoms. The van der Waals surface area contributed by atoms with E-state index >= 15 is 0 Å². The molecule has 0 aliphatic heterocycles. The molecule has 174 valence electrons. The Balaban J connectivity index is 1.86. The molecule has 2 aromatic rings. The molecule has 1 amide bonds. The highest BCUT2D eigenvalue weighted by atomic mass is 127. The maximum Gasteiger partial charge on any atom is 0.247 e. The van der Waals surface area contributed by atoms with Gasteiger partial charge in [0.2, 0.25) is 5.91 Å². The van der Waals surface area contributed by atoms with Crippen molar-refractivity contribution in [3.8, 4) is 11.5 Å². The van der Waals surface area contributed by atoms with Crippen LogP contribution in [0.1, 0.15) is 17.5 Å². The lowest BCUT2D eigenvalue weighted by molar-refractivity contribution is -0.118. The van der Waals surface area contributed by atoms with Crippen LogP contribution in [0.5, 0.6) is 11.5 Å². The Bertz CT molecular complexity index is 933. The third-order valence-corrected chi connectivity index (χ3v) is 5.92. The highest BCUT2D eigenvalue weighted by Crippen LogP contribution is 2.36. The van der Waals surface area contributed by atoms with Gasteiger partial charge in [-0.3, -0.25) is 4.79 Å². The smallest absolute Gasteiger partial charge is 0.247 e. The number of nitrogens with one attached hydrogen (secondary N) is 2. The van der Waals surface area contributed by atoms with Gasteiger partial charge in [0.15, 0.2) is 11.5 Å². The summed E-state index contributed by atoms with van der Waals surface area (Å²) in [6, 6.07) is 4.78. The van der Waals surface area contributed by atoms with Crippen molar-refractivity contribution in [2.24, 2.45) is 0 Å². The first kappa shape index (κ1) is 24.5. The Morgan fingerprint density at radius 1 is 1.31 bits per heavy atom. The predicted molar refractivity (Wildman–Crippen MR) is 124 cm³/mol. The number of benzene rings is 1. The minimum Gasteiger partial charge on any atom is -0.493 e. The Labute approximate surface area is 199 Å². The second-order valence-electron chi connectivity index (χ2n) is 7.33. The van der Waals surface area contributed by atoms with Crippen LogP contribution in [0.3, 0.4) is 0 Å². The van der Waals surface area contributed by atoms with Gasteiger partial charge < -0.3 is 39.8 Å². The number of hydrogen-bond acceptors (Lipinski definition) is 8. The molecule has 1 heterocycles. The van der Waals surface area contributed by atoms with Crippen LogP contribution in [-0.2, 0) is 17.9 Å². The zero-order valence-electron chi connectivity index (χ0n) is 17.6. The summed E-state index contributed by atoms with van der Waals surface area (Å²) in [5.74, 6) is 0.504. The van der Waals surface area contributed by atoms with Gasteiger partial charge in [-0.15, -0.1) is 0 Å². The van der Waals surface area contributed by atoms with Crippen LogP contribution in [-0.4, -0.2) is 59.7 Å². The monoisotopic (exact) mass is 558 g/mol. The number of methoxy groups -OCH3 is 1. The van der Waals surface area contributed by atoms with Crippen LogP contribution in [0.2, 0.25) is 0 Å². The SMILES string of the molecule is COc1cc(CO)cc(I)c1O[C@H]1C=C(C(=O)NCCO)C[C@@H](NCc2ccoc2)[C@@H]1O. The maximum absolute atomic E-state index is 12.6. The van der Waals surface area contributed by atoms with E-state index in [1.54, 1.807) is 30.7 Å². The van der Waals surface area contributed by atoms with Crippen LogP contribution >= 0.6 is 22.6 Å². The molecule has 0 saturated heterocycles. The van der Waals surface area contributed by atoms with Gasteiger partial charge >= 0.3 is 0 Å². The highest BCUT2D eigenvalue weighted by Gasteiger charge is 2.36. The number of halogens is 1. The fourth-order valence-electron chi connectivity index (χ4n) is 3.46. The van der Waals surface area contributed by atoms with Crippen molar-refractivity contribution in [2.45, 2.75) is 37.8 Å². The van der Waals surface area contributed by atoms with E-state index in [1.165, 1.54) is 7.11 Å². The summed E-state index contributed by atoms with van der Waals surface area (Å²) in [6.45, 7) is 0.262. The number of aliphatic hydroxyl groups is 3. The number of amides is 1. The summed E-state index contributed by atoms with van der Waals surface area (Å²) >= 11 is 2.08. The van der Waals surface area contributed by atoms with Gasteiger partial charge in [0.05, 0.1) is 36.4 Å². The third-order valence-electron chi connectivity index (χ3n) is 5.12. The average molecular weight is 558 g/mol. The van der Waals surface area contributed by atoms with E-state index in [0.29, 0.717) is 32.8 Å². The third kappa shape index (κ3) is 6.01. The lowest BCUT2D eigenvalue weighted by atomic mass is 9.89. The molecule has 10 heteroatoms. The first-order valence-corrected chi connectivity index (χ1v) is 11.2. The number of carbonyl (C=O) groups is 1. The Kier molecular flexibility index (Phi) is 8.93. The van der Waals surface area contributed by atoms with E-state index in [0.717, 1.165) is 5.56 Å². The van der Waals surface area contributed by atoms with Crippen molar-refractivity contribution in [1.29, 1.82) is 0 Å². The molecule has 3 atom stereocenters. The number of hydrogen-bond donors (Lipinski definition) is 5. The molecule has 5 N–H and O–H groups in total. The molecular weight excluding hydrogens is 531 g/mol. The van der Waals surface area contributed by atoms with Gasteiger partial charge in [0.1, 0.15) is 12.2 Å².